The highest BCUT2D eigenvalue weighted by Gasteiger charge is 2.30. The van der Waals surface area contributed by atoms with Crippen LogP contribution in [0.2, 0.25) is 0 Å². The van der Waals surface area contributed by atoms with Gasteiger partial charge in [0.25, 0.3) is 5.91 Å². The van der Waals surface area contributed by atoms with Gasteiger partial charge >= 0.3 is 0 Å². The zero-order chi connectivity index (χ0) is 17.4. The lowest BCUT2D eigenvalue weighted by molar-refractivity contribution is -0.0692. The topological polar surface area (TPSA) is 48.0 Å². The van der Waals surface area contributed by atoms with Crippen LogP contribution in [0, 0.1) is 5.82 Å². The van der Waals surface area contributed by atoms with Gasteiger partial charge in [-0.2, -0.15) is 0 Å². The molecule has 2 atom stereocenters. The summed E-state index contributed by atoms with van der Waals surface area (Å²) >= 11 is 0. The van der Waals surface area contributed by atoms with Crippen molar-refractivity contribution in [1.82, 2.24) is 4.90 Å². The third-order valence-electron chi connectivity index (χ3n) is 4.41. The zero-order valence-electron chi connectivity index (χ0n) is 13.8. The standard InChI is InChI=1S/C19H18FNO4/c1-12-9-21(10-18(25-12)13-2-5-15(20)6-3-13)19(22)14-4-7-16-17(8-14)24-11-23-16/h2-8,12,18H,9-11H2,1H3. The quantitative estimate of drug-likeness (QED) is 0.840. The first-order valence-electron chi connectivity index (χ1n) is 8.20. The van der Waals surface area contributed by atoms with Crippen LogP contribution < -0.4 is 9.47 Å². The lowest BCUT2D eigenvalue weighted by atomic mass is 10.1. The van der Waals surface area contributed by atoms with E-state index in [1.807, 2.05) is 6.92 Å². The fourth-order valence-electron chi connectivity index (χ4n) is 3.19. The van der Waals surface area contributed by atoms with E-state index in [0.29, 0.717) is 30.2 Å². The number of nitrogens with zero attached hydrogens (tertiary/aromatic N) is 1. The van der Waals surface area contributed by atoms with Gasteiger partial charge in [-0.15, -0.1) is 0 Å². The van der Waals surface area contributed by atoms with E-state index in [9.17, 15) is 9.18 Å². The van der Waals surface area contributed by atoms with Gasteiger partial charge in [0.05, 0.1) is 12.6 Å². The van der Waals surface area contributed by atoms with Gasteiger partial charge in [-0.3, -0.25) is 4.79 Å². The Morgan fingerprint density at radius 2 is 1.84 bits per heavy atom. The molecule has 0 radical (unpaired) electrons. The number of carbonyl (C=O) groups excluding carboxylic acids is 1. The number of halogens is 1. The van der Waals surface area contributed by atoms with Gasteiger partial charge in [-0.05, 0) is 42.8 Å². The Kier molecular flexibility index (Phi) is 4.05. The summed E-state index contributed by atoms with van der Waals surface area (Å²) < 4.78 is 29.7. The Morgan fingerprint density at radius 1 is 1.08 bits per heavy atom. The van der Waals surface area contributed by atoms with Gasteiger partial charge in [0.2, 0.25) is 6.79 Å². The summed E-state index contributed by atoms with van der Waals surface area (Å²) in [6, 6.07) is 11.4. The molecule has 1 fully saturated rings. The van der Waals surface area contributed by atoms with E-state index >= 15 is 0 Å². The van der Waals surface area contributed by atoms with Gasteiger partial charge in [0.15, 0.2) is 11.5 Å². The Morgan fingerprint density at radius 3 is 2.64 bits per heavy atom. The monoisotopic (exact) mass is 343 g/mol. The molecule has 2 aromatic rings. The van der Waals surface area contributed by atoms with Crippen molar-refractivity contribution in [2.24, 2.45) is 0 Å². The number of amides is 1. The van der Waals surface area contributed by atoms with E-state index in [0.717, 1.165) is 5.56 Å². The van der Waals surface area contributed by atoms with Crippen molar-refractivity contribution in [1.29, 1.82) is 0 Å². The molecular weight excluding hydrogens is 325 g/mol. The normalized spacial score (nSPS) is 22.1. The van der Waals surface area contributed by atoms with Crippen LogP contribution in [0.1, 0.15) is 28.9 Å². The molecule has 4 rings (SSSR count). The fraction of sp³-hybridized carbons (Fsp3) is 0.316. The summed E-state index contributed by atoms with van der Waals surface area (Å²) in [5, 5.41) is 0. The molecule has 0 aromatic heterocycles. The summed E-state index contributed by atoms with van der Waals surface area (Å²) in [6.07, 6.45) is -0.385. The number of rotatable bonds is 2. The second kappa shape index (κ2) is 6.37. The van der Waals surface area contributed by atoms with Crippen LogP contribution >= 0.6 is 0 Å². The zero-order valence-corrected chi connectivity index (χ0v) is 13.8. The Hall–Kier alpha value is -2.60. The molecule has 2 aromatic carbocycles. The summed E-state index contributed by atoms with van der Waals surface area (Å²) in [5.41, 5.74) is 1.41. The smallest absolute Gasteiger partial charge is 0.254 e. The van der Waals surface area contributed by atoms with Crippen molar-refractivity contribution in [2.75, 3.05) is 19.9 Å². The molecule has 6 heteroatoms. The third kappa shape index (κ3) is 3.17. The van der Waals surface area contributed by atoms with E-state index in [1.54, 1.807) is 35.2 Å². The molecule has 2 aliphatic heterocycles. The van der Waals surface area contributed by atoms with E-state index in [-0.39, 0.29) is 30.7 Å². The van der Waals surface area contributed by atoms with Crippen molar-refractivity contribution in [3.05, 3.63) is 59.4 Å². The predicted molar refractivity (Wildman–Crippen MR) is 88.2 cm³/mol. The number of morpholine rings is 1. The number of fused-ring (bicyclic) bond motifs is 1. The minimum Gasteiger partial charge on any atom is -0.454 e. The van der Waals surface area contributed by atoms with Crippen molar-refractivity contribution < 1.29 is 23.4 Å². The molecule has 2 heterocycles. The summed E-state index contributed by atoms with van der Waals surface area (Å²) in [4.78, 5) is 14.7. The van der Waals surface area contributed by atoms with Crippen LogP contribution in [0.5, 0.6) is 11.5 Å². The summed E-state index contributed by atoms with van der Waals surface area (Å²) in [7, 11) is 0. The first kappa shape index (κ1) is 15.9. The lowest BCUT2D eigenvalue weighted by Gasteiger charge is -2.37. The van der Waals surface area contributed by atoms with Gasteiger partial charge in [0.1, 0.15) is 11.9 Å². The maximum Gasteiger partial charge on any atom is 0.254 e. The largest absolute Gasteiger partial charge is 0.454 e. The number of hydrogen-bond acceptors (Lipinski definition) is 4. The van der Waals surface area contributed by atoms with Crippen molar-refractivity contribution >= 4 is 5.91 Å². The molecule has 0 aliphatic carbocycles. The average molecular weight is 343 g/mol. The molecule has 25 heavy (non-hydrogen) atoms. The molecule has 0 spiro atoms. The van der Waals surface area contributed by atoms with Gasteiger partial charge in [-0.25, -0.2) is 4.39 Å². The van der Waals surface area contributed by atoms with Crippen LogP contribution in [0.15, 0.2) is 42.5 Å². The van der Waals surface area contributed by atoms with E-state index in [2.05, 4.69) is 0 Å². The van der Waals surface area contributed by atoms with Gasteiger partial charge in [0, 0.05) is 12.1 Å². The molecule has 1 saturated heterocycles. The predicted octanol–water partition coefficient (Wildman–Crippen LogP) is 3.16. The molecule has 2 aliphatic rings. The number of ether oxygens (including phenoxy) is 3. The second-order valence-corrected chi connectivity index (χ2v) is 6.27. The van der Waals surface area contributed by atoms with E-state index in [4.69, 9.17) is 14.2 Å². The minimum atomic E-state index is -0.291. The molecule has 130 valence electrons. The van der Waals surface area contributed by atoms with Crippen molar-refractivity contribution in [3.8, 4) is 11.5 Å². The van der Waals surface area contributed by atoms with Gasteiger partial charge in [-0.1, -0.05) is 12.1 Å². The Balaban J connectivity index is 1.54. The molecule has 0 bridgehead atoms. The van der Waals surface area contributed by atoms with Crippen molar-refractivity contribution in [2.45, 2.75) is 19.1 Å². The number of hydrogen-bond donors (Lipinski definition) is 0. The highest BCUT2D eigenvalue weighted by Crippen LogP contribution is 2.33. The maximum absolute atomic E-state index is 13.1. The summed E-state index contributed by atoms with van der Waals surface area (Å²) in [6.45, 7) is 3.03. The van der Waals surface area contributed by atoms with Crippen LogP contribution in [0.4, 0.5) is 4.39 Å². The van der Waals surface area contributed by atoms with Crippen molar-refractivity contribution in [3.63, 3.8) is 0 Å². The third-order valence-corrected chi connectivity index (χ3v) is 4.41. The van der Waals surface area contributed by atoms with Gasteiger partial charge < -0.3 is 19.1 Å². The highest BCUT2D eigenvalue weighted by atomic mass is 19.1. The first-order valence-corrected chi connectivity index (χ1v) is 8.20. The summed E-state index contributed by atoms with van der Waals surface area (Å²) in [5.74, 6) is 0.861. The van der Waals surface area contributed by atoms with Crippen LogP contribution in [-0.4, -0.2) is 36.8 Å². The lowest BCUT2D eigenvalue weighted by Crippen LogP contribution is -2.45. The molecule has 0 N–H and O–H groups in total. The fourth-order valence-corrected chi connectivity index (χ4v) is 3.19. The molecule has 5 nitrogen and oxygen atoms in total. The molecular formula is C19H18FNO4. The second-order valence-electron chi connectivity index (χ2n) is 6.27. The Labute approximate surface area is 144 Å². The molecule has 2 unspecified atom stereocenters. The van der Waals surface area contributed by atoms with E-state index < -0.39 is 0 Å². The number of benzene rings is 2. The number of carbonyl (C=O) groups is 1. The average Bonchev–Trinajstić information content (AvgIpc) is 3.09. The Bertz CT molecular complexity index is 793. The molecule has 1 amide bonds. The SMILES string of the molecule is CC1CN(C(=O)c2ccc3c(c2)OCO3)CC(c2ccc(F)cc2)O1. The first-order chi connectivity index (χ1) is 12.1. The maximum atomic E-state index is 13.1. The van der Waals surface area contributed by atoms with Crippen LogP contribution in [0.25, 0.3) is 0 Å². The van der Waals surface area contributed by atoms with E-state index in [1.165, 1.54) is 12.1 Å². The van der Waals surface area contributed by atoms with Crippen LogP contribution in [-0.2, 0) is 4.74 Å². The minimum absolute atomic E-state index is 0.0828. The highest BCUT2D eigenvalue weighted by molar-refractivity contribution is 5.95. The van der Waals surface area contributed by atoms with Crippen LogP contribution in [0.3, 0.4) is 0 Å². The molecule has 0 saturated carbocycles.